The van der Waals surface area contributed by atoms with Crippen LogP contribution in [0.1, 0.15) is 18.2 Å². The number of hydrogen-bond acceptors (Lipinski definition) is 7. The number of carbonyl (C=O) groups excluding carboxylic acids is 3. The maximum absolute atomic E-state index is 13.0. The number of benzene rings is 1. The summed E-state index contributed by atoms with van der Waals surface area (Å²) in [5.41, 5.74) is 6.47. The van der Waals surface area contributed by atoms with E-state index in [1.54, 1.807) is 30.3 Å². The Morgan fingerprint density at radius 2 is 1.70 bits per heavy atom. The zero-order valence-corrected chi connectivity index (χ0v) is 18.0. The average Bonchev–Trinajstić information content (AvgIpc) is 3.29. The lowest BCUT2D eigenvalue weighted by Gasteiger charge is -2.25. The van der Waals surface area contributed by atoms with Gasteiger partial charge in [0.05, 0.1) is 19.0 Å². The van der Waals surface area contributed by atoms with E-state index >= 15 is 0 Å². The summed E-state index contributed by atoms with van der Waals surface area (Å²) in [5.74, 6) is -3.48. The first-order valence-electron chi connectivity index (χ1n) is 10.2. The third-order valence-electron chi connectivity index (χ3n) is 4.78. The summed E-state index contributed by atoms with van der Waals surface area (Å²) < 4.78 is 0. The second kappa shape index (κ2) is 12.3. The molecule has 1 heterocycles. The number of amides is 3. The zero-order chi connectivity index (χ0) is 24.4. The summed E-state index contributed by atoms with van der Waals surface area (Å²) in [4.78, 5) is 55.7. The SMILES string of the molecule is CC(O)C(NC(=O)CN)C(=O)NC(Cc1ccccc1)C(=O)NC(Cc1cnc[nH]1)C(=O)O. The van der Waals surface area contributed by atoms with E-state index in [4.69, 9.17) is 5.73 Å². The number of aliphatic hydroxyl groups is 1. The average molecular weight is 460 g/mol. The van der Waals surface area contributed by atoms with E-state index in [0.29, 0.717) is 11.3 Å². The molecular weight excluding hydrogens is 432 g/mol. The Morgan fingerprint density at radius 3 is 2.24 bits per heavy atom. The number of aromatic nitrogens is 2. The standard InChI is InChI=1S/C21H28N6O6/c1-12(28)18(27-17(29)9-22)20(31)25-15(7-13-5-3-2-4-6-13)19(30)26-16(21(32)33)8-14-10-23-11-24-14/h2-6,10-12,15-16,18,28H,7-9,22H2,1H3,(H,23,24)(H,25,31)(H,26,30)(H,27,29)(H,32,33). The molecule has 8 N–H and O–H groups in total. The van der Waals surface area contributed by atoms with Gasteiger partial charge < -0.3 is 36.9 Å². The number of nitrogens with two attached hydrogens (primary N) is 1. The van der Waals surface area contributed by atoms with Gasteiger partial charge >= 0.3 is 5.97 Å². The molecule has 0 radical (unpaired) electrons. The van der Waals surface area contributed by atoms with E-state index in [2.05, 4.69) is 25.9 Å². The number of rotatable bonds is 12. The fraction of sp³-hybridized carbons (Fsp3) is 0.381. The zero-order valence-electron chi connectivity index (χ0n) is 18.0. The molecule has 1 aromatic carbocycles. The van der Waals surface area contributed by atoms with Crippen molar-refractivity contribution < 1.29 is 29.4 Å². The minimum absolute atomic E-state index is 0.0457. The molecule has 12 nitrogen and oxygen atoms in total. The summed E-state index contributed by atoms with van der Waals surface area (Å²) in [5, 5.41) is 26.7. The molecule has 2 rings (SSSR count). The van der Waals surface area contributed by atoms with Gasteiger partial charge in [-0.1, -0.05) is 30.3 Å². The van der Waals surface area contributed by atoms with Gasteiger partial charge in [0.25, 0.3) is 0 Å². The minimum atomic E-state index is -1.35. The van der Waals surface area contributed by atoms with Gasteiger partial charge in [-0.2, -0.15) is 0 Å². The highest BCUT2D eigenvalue weighted by Gasteiger charge is 2.31. The van der Waals surface area contributed by atoms with Crippen molar-refractivity contribution in [2.45, 2.75) is 44.0 Å². The molecular formula is C21H28N6O6. The Morgan fingerprint density at radius 1 is 1.03 bits per heavy atom. The first-order valence-corrected chi connectivity index (χ1v) is 10.2. The molecule has 178 valence electrons. The van der Waals surface area contributed by atoms with E-state index in [1.807, 2.05) is 0 Å². The van der Waals surface area contributed by atoms with Crippen molar-refractivity contribution >= 4 is 23.7 Å². The topological polar surface area (TPSA) is 200 Å². The lowest BCUT2D eigenvalue weighted by atomic mass is 10.0. The molecule has 33 heavy (non-hydrogen) atoms. The number of carbonyl (C=O) groups is 4. The van der Waals surface area contributed by atoms with Crippen molar-refractivity contribution in [1.82, 2.24) is 25.9 Å². The lowest BCUT2D eigenvalue weighted by molar-refractivity contribution is -0.142. The van der Waals surface area contributed by atoms with E-state index < -0.39 is 54.5 Å². The molecule has 0 aliphatic carbocycles. The quantitative estimate of drug-likeness (QED) is 0.190. The van der Waals surface area contributed by atoms with Gasteiger partial charge in [-0.05, 0) is 12.5 Å². The van der Waals surface area contributed by atoms with Crippen molar-refractivity contribution in [2.75, 3.05) is 6.54 Å². The normalized spacial score (nSPS) is 14.4. The van der Waals surface area contributed by atoms with Gasteiger partial charge in [0.2, 0.25) is 17.7 Å². The van der Waals surface area contributed by atoms with Gasteiger partial charge in [-0.3, -0.25) is 14.4 Å². The summed E-state index contributed by atoms with van der Waals surface area (Å²) in [7, 11) is 0. The van der Waals surface area contributed by atoms with Crippen LogP contribution in [0.15, 0.2) is 42.9 Å². The van der Waals surface area contributed by atoms with E-state index in [1.165, 1.54) is 19.4 Å². The second-order valence-electron chi connectivity index (χ2n) is 7.42. The third-order valence-corrected chi connectivity index (χ3v) is 4.78. The smallest absolute Gasteiger partial charge is 0.326 e. The highest BCUT2D eigenvalue weighted by Crippen LogP contribution is 2.07. The Kier molecular flexibility index (Phi) is 9.51. The monoisotopic (exact) mass is 460 g/mol. The van der Waals surface area contributed by atoms with Crippen LogP contribution >= 0.6 is 0 Å². The van der Waals surface area contributed by atoms with Crippen LogP contribution in [0.5, 0.6) is 0 Å². The summed E-state index contributed by atoms with van der Waals surface area (Å²) in [6.07, 6.45) is 1.56. The maximum Gasteiger partial charge on any atom is 0.326 e. The number of carboxylic acids is 1. The number of nitrogens with one attached hydrogen (secondary N) is 4. The van der Waals surface area contributed by atoms with Crippen LogP contribution in [0.3, 0.4) is 0 Å². The van der Waals surface area contributed by atoms with E-state index in [-0.39, 0.29) is 12.8 Å². The molecule has 0 fully saturated rings. The fourth-order valence-corrected chi connectivity index (χ4v) is 3.05. The molecule has 0 saturated heterocycles. The van der Waals surface area contributed by atoms with E-state index in [9.17, 15) is 29.4 Å². The molecule has 1 aromatic heterocycles. The van der Waals surface area contributed by atoms with Crippen LogP contribution in [-0.2, 0) is 32.0 Å². The number of aliphatic carboxylic acids is 1. The van der Waals surface area contributed by atoms with Crippen molar-refractivity contribution in [2.24, 2.45) is 5.73 Å². The number of imidazole rings is 1. The van der Waals surface area contributed by atoms with Crippen LogP contribution < -0.4 is 21.7 Å². The van der Waals surface area contributed by atoms with Crippen LogP contribution in [0.25, 0.3) is 0 Å². The third kappa shape index (κ3) is 8.01. The largest absolute Gasteiger partial charge is 0.480 e. The fourth-order valence-electron chi connectivity index (χ4n) is 3.05. The Balaban J connectivity index is 2.20. The summed E-state index contributed by atoms with van der Waals surface area (Å²) >= 11 is 0. The highest BCUT2D eigenvalue weighted by molar-refractivity contribution is 5.94. The van der Waals surface area contributed by atoms with Crippen LogP contribution in [0.2, 0.25) is 0 Å². The molecule has 3 amide bonds. The molecule has 4 atom stereocenters. The van der Waals surface area contributed by atoms with Crippen molar-refractivity contribution in [3.8, 4) is 0 Å². The summed E-state index contributed by atoms with van der Waals surface area (Å²) in [6, 6.07) is 4.97. The van der Waals surface area contributed by atoms with Gasteiger partial charge in [-0.15, -0.1) is 0 Å². The summed E-state index contributed by atoms with van der Waals surface area (Å²) in [6.45, 7) is 0.913. The first-order chi connectivity index (χ1) is 15.7. The van der Waals surface area contributed by atoms with Gasteiger partial charge in [-0.25, -0.2) is 9.78 Å². The van der Waals surface area contributed by atoms with Crippen molar-refractivity contribution in [3.63, 3.8) is 0 Å². The second-order valence-corrected chi connectivity index (χ2v) is 7.42. The van der Waals surface area contributed by atoms with Crippen molar-refractivity contribution in [3.05, 3.63) is 54.1 Å². The molecule has 0 spiro atoms. The number of nitrogens with zero attached hydrogens (tertiary/aromatic N) is 1. The predicted molar refractivity (Wildman–Crippen MR) is 117 cm³/mol. The number of H-pyrrole nitrogens is 1. The minimum Gasteiger partial charge on any atom is -0.480 e. The van der Waals surface area contributed by atoms with Gasteiger partial charge in [0.15, 0.2) is 0 Å². The number of aliphatic hydroxyl groups excluding tert-OH is 1. The molecule has 4 unspecified atom stereocenters. The Bertz CT molecular complexity index is 934. The lowest BCUT2D eigenvalue weighted by Crippen LogP contribution is -2.59. The maximum atomic E-state index is 13.0. The molecule has 12 heteroatoms. The van der Waals surface area contributed by atoms with Crippen molar-refractivity contribution in [1.29, 1.82) is 0 Å². The van der Waals surface area contributed by atoms with Crippen LogP contribution in [0.4, 0.5) is 0 Å². The number of aromatic amines is 1. The Hall–Kier alpha value is -3.77. The Labute approximate surface area is 190 Å². The van der Waals surface area contributed by atoms with Gasteiger partial charge in [0.1, 0.15) is 18.1 Å². The van der Waals surface area contributed by atoms with E-state index in [0.717, 1.165) is 0 Å². The number of carboxylic acid groups (broad SMARTS) is 1. The molecule has 0 saturated carbocycles. The van der Waals surface area contributed by atoms with Crippen LogP contribution in [0, 0.1) is 0 Å². The molecule has 2 aromatic rings. The molecule has 0 aliphatic heterocycles. The van der Waals surface area contributed by atoms with Crippen LogP contribution in [-0.4, -0.2) is 74.6 Å². The highest BCUT2D eigenvalue weighted by atomic mass is 16.4. The molecule has 0 bridgehead atoms. The first kappa shape index (κ1) is 25.5. The number of hydrogen-bond donors (Lipinski definition) is 7. The predicted octanol–water partition coefficient (Wildman–Crippen LogP) is -1.93. The van der Waals surface area contributed by atoms with Gasteiger partial charge in [0, 0.05) is 24.7 Å². The molecule has 0 aliphatic rings.